The lowest BCUT2D eigenvalue weighted by Crippen LogP contribution is -2.48. The van der Waals surface area contributed by atoms with Crippen LogP contribution in [0.1, 0.15) is 19.3 Å². The number of piperidine rings is 1. The van der Waals surface area contributed by atoms with Crippen LogP contribution in [0.3, 0.4) is 0 Å². The van der Waals surface area contributed by atoms with Crippen LogP contribution in [0.15, 0.2) is 4.99 Å². The van der Waals surface area contributed by atoms with Gasteiger partial charge in [-0.25, -0.2) is 12.7 Å². The Kier molecular flexibility index (Phi) is 10.2. The first-order valence-corrected chi connectivity index (χ1v) is 12.4. The fourth-order valence-electron chi connectivity index (χ4n) is 3.27. The average molecular weight is 423 g/mol. The van der Waals surface area contributed by atoms with Crippen LogP contribution in [-0.2, 0) is 19.5 Å². The molecule has 0 aromatic carbocycles. The lowest BCUT2D eigenvalue weighted by atomic mass is 10.1. The zero-order valence-corrected chi connectivity index (χ0v) is 18.2. The number of nitrogens with one attached hydrogen (secondary N) is 1. The first-order valence-electron chi connectivity index (χ1n) is 9.68. The molecule has 2 aliphatic rings. The Bertz CT molecular complexity index is 545. The van der Waals surface area contributed by atoms with E-state index in [-0.39, 0.29) is 11.9 Å². The van der Waals surface area contributed by atoms with Gasteiger partial charge in [0.25, 0.3) is 0 Å². The van der Waals surface area contributed by atoms with Crippen LogP contribution in [-0.4, -0.2) is 107 Å². The summed E-state index contributed by atoms with van der Waals surface area (Å²) < 4.78 is 37.4. The molecule has 0 aromatic rings. The Morgan fingerprint density at radius 2 is 1.89 bits per heavy atom. The predicted molar refractivity (Wildman–Crippen MR) is 111 cm³/mol. The maximum Gasteiger partial charge on any atom is 0.215 e. The second kappa shape index (κ2) is 12.1. The molecule has 2 aliphatic heterocycles. The van der Waals surface area contributed by atoms with Crippen LogP contribution < -0.4 is 5.32 Å². The van der Waals surface area contributed by atoms with Crippen LogP contribution in [0.4, 0.5) is 0 Å². The van der Waals surface area contributed by atoms with Crippen molar-refractivity contribution in [3.63, 3.8) is 0 Å². The first kappa shape index (κ1) is 22.7. The first-order chi connectivity index (χ1) is 13.1. The van der Waals surface area contributed by atoms with Crippen LogP contribution in [0.25, 0.3) is 0 Å². The van der Waals surface area contributed by atoms with E-state index < -0.39 is 10.0 Å². The number of thioether (sulfide) groups is 1. The van der Waals surface area contributed by atoms with E-state index in [1.807, 2.05) is 11.8 Å². The van der Waals surface area contributed by atoms with E-state index in [1.165, 1.54) is 0 Å². The van der Waals surface area contributed by atoms with E-state index in [9.17, 15) is 8.42 Å². The van der Waals surface area contributed by atoms with Gasteiger partial charge in [0.15, 0.2) is 5.96 Å². The minimum absolute atomic E-state index is 0.107. The summed E-state index contributed by atoms with van der Waals surface area (Å²) in [5, 5.41) is 3.22. The number of hydrogen-bond acceptors (Lipinski definition) is 6. The number of hydrogen-bond donors (Lipinski definition) is 1. The average Bonchev–Trinajstić information content (AvgIpc) is 2.70. The Hall–Kier alpha value is -0.550. The molecule has 10 heteroatoms. The number of nitrogens with zero attached hydrogens (tertiary/aromatic N) is 3. The van der Waals surface area contributed by atoms with Crippen LogP contribution in [0, 0.1) is 0 Å². The summed E-state index contributed by atoms with van der Waals surface area (Å²) in [6.45, 7) is 4.83. The molecule has 0 radical (unpaired) electrons. The number of methoxy groups -OCH3 is 1. The van der Waals surface area contributed by atoms with E-state index in [4.69, 9.17) is 9.47 Å². The maximum atomic E-state index is 12.4. The molecule has 0 saturated carbocycles. The van der Waals surface area contributed by atoms with E-state index in [0.717, 1.165) is 63.0 Å². The van der Waals surface area contributed by atoms with Gasteiger partial charge in [-0.15, -0.1) is 0 Å². The lowest BCUT2D eigenvalue weighted by Gasteiger charge is -2.34. The van der Waals surface area contributed by atoms with Crippen molar-refractivity contribution in [2.24, 2.45) is 4.99 Å². The van der Waals surface area contributed by atoms with Crippen molar-refractivity contribution in [2.45, 2.75) is 25.4 Å². The highest BCUT2D eigenvalue weighted by atomic mass is 32.2. The van der Waals surface area contributed by atoms with Gasteiger partial charge < -0.3 is 19.7 Å². The number of sulfonamides is 1. The van der Waals surface area contributed by atoms with E-state index in [1.54, 1.807) is 18.5 Å². The van der Waals surface area contributed by atoms with Crippen molar-refractivity contribution in [3.05, 3.63) is 0 Å². The highest BCUT2D eigenvalue weighted by molar-refractivity contribution is 7.99. The standard InChI is InChI=1S/C17H34N4O4S2/c1-18-17(19-6-15-27(22,23)21-9-13-26-14-10-21)20-7-4-16(5-8-20)25-12-3-11-24-2/h16H,3-15H2,1-2H3,(H,18,19). The number of rotatable bonds is 9. The molecular formula is C17H34N4O4S2. The molecule has 0 unspecified atom stereocenters. The summed E-state index contributed by atoms with van der Waals surface area (Å²) in [6, 6.07) is 0. The smallest absolute Gasteiger partial charge is 0.215 e. The molecule has 0 aliphatic carbocycles. The van der Waals surface area contributed by atoms with Gasteiger partial charge in [-0.05, 0) is 19.3 Å². The van der Waals surface area contributed by atoms with Crippen LogP contribution in [0.5, 0.6) is 0 Å². The van der Waals surface area contributed by atoms with Crippen molar-refractivity contribution < 1.29 is 17.9 Å². The maximum absolute atomic E-state index is 12.4. The molecule has 2 fully saturated rings. The van der Waals surface area contributed by atoms with Crippen molar-refractivity contribution >= 4 is 27.7 Å². The Labute approximate surface area is 168 Å². The molecule has 158 valence electrons. The summed E-state index contributed by atoms with van der Waals surface area (Å²) in [4.78, 5) is 6.50. The molecule has 8 nitrogen and oxygen atoms in total. The molecule has 1 N–H and O–H groups in total. The molecule has 0 aromatic heterocycles. The normalized spacial score (nSPS) is 20.8. The highest BCUT2D eigenvalue weighted by Gasteiger charge is 2.25. The molecule has 0 spiro atoms. The van der Waals surface area contributed by atoms with Gasteiger partial charge in [0.2, 0.25) is 10.0 Å². The summed E-state index contributed by atoms with van der Waals surface area (Å²) in [5.74, 6) is 2.65. The molecule has 0 atom stereocenters. The number of aliphatic imine (C=N–C) groups is 1. The van der Waals surface area contributed by atoms with Gasteiger partial charge in [-0.1, -0.05) is 0 Å². The zero-order chi connectivity index (χ0) is 19.5. The minimum atomic E-state index is -3.19. The number of likely N-dealkylation sites (tertiary alicyclic amines) is 1. The van der Waals surface area contributed by atoms with Gasteiger partial charge in [0.1, 0.15) is 0 Å². The van der Waals surface area contributed by atoms with Crippen molar-refractivity contribution in [3.8, 4) is 0 Å². The van der Waals surface area contributed by atoms with E-state index in [2.05, 4.69) is 15.2 Å². The summed E-state index contributed by atoms with van der Waals surface area (Å²) in [5.41, 5.74) is 0. The molecular weight excluding hydrogens is 388 g/mol. The topological polar surface area (TPSA) is 83.5 Å². The third-order valence-electron chi connectivity index (χ3n) is 4.81. The zero-order valence-electron chi connectivity index (χ0n) is 16.6. The summed E-state index contributed by atoms with van der Waals surface area (Å²) in [6.07, 6.45) is 3.12. The molecule has 2 heterocycles. The Morgan fingerprint density at radius 1 is 1.19 bits per heavy atom. The third kappa shape index (κ3) is 7.77. The van der Waals surface area contributed by atoms with Gasteiger partial charge >= 0.3 is 0 Å². The molecule has 2 rings (SSSR count). The monoisotopic (exact) mass is 422 g/mol. The third-order valence-corrected chi connectivity index (χ3v) is 7.62. The fraction of sp³-hybridized carbons (Fsp3) is 0.941. The van der Waals surface area contributed by atoms with Crippen LogP contribution >= 0.6 is 11.8 Å². The molecule has 0 amide bonds. The summed E-state index contributed by atoms with van der Waals surface area (Å²) in [7, 11) is 0.256. The highest BCUT2D eigenvalue weighted by Crippen LogP contribution is 2.15. The molecule has 2 saturated heterocycles. The predicted octanol–water partition coefficient (Wildman–Crippen LogP) is 0.458. The Morgan fingerprint density at radius 3 is 2.52 bits per heavy atom. The number of guanidine groups is 1. The van der Waals surface area contributed by atoms with Gasteiger partial charge in [0, 0.05) is 71.6 Å². The lowest BCUT2D eigenvalue weighted by molar-refractivity contribution is 0.00993. The quantitative estimate of drug-likeness (QED) is 0.328. The second-order valence-corrected chi connectivity index (χ2v) is 10.0. The fourth-order valence-corrected chi connectivity index (χ4v) is 5.76. The van der Waals surface area contributed by atoms with E-state index >= 15 is 0 Å². The molecule has 0 bridgehead atoms. The minimum Gasteiger partial charge on any atom is -0.385 e. The van der Waals surface area contributed by atoms with Gasteiger partial charge in [-0.3, -0.25) is 4.99 Å². The van der Waals surface area contributed by atoms with Gasteiger partial charge in [0.05, 0.1) is 11.9 Å². The van der Waals surface area contributed by atoms with Crippen LogP contribution in [0.2, 0.25) is 0 Å². The molecule has 27 heavy (non-hydrogen) atoms. The number of ether oxygens (including phenoxy) is 2. The van der Waals surface area contributed by atoms with Crippen molar-refractivity contribution in [1.82, 2.24) is 14.5 Å². The van der Waals surface area contributed by atoms with Crippen molar-refractivity contribution in [1.29, 1.82) is 0 Å². The van der Waals surface area contributed by atoms with E-state index in [0.29, 0.717) is 19.6 Å². The largest absolute Gasteiger partial charge is 0.385 e. The Balaban J connectivity index is 1.68. The summed E-state index contributed by atoms with van der Waals surface area (Å²) >= 11 is 1.81. The SMILES string of the molecule is CN=C(NCCS(=O)(=O)N1CCSCC1)N1CCC(OCCCOC)CC1. The second-order valence-electron chi connectivity index (χ2n) is 6.70. The van der Waals surface area contributed by atoms with Crippen molar-refractivity contribution in [2.75, 3.05) is 77.4 Å². The van der Waals surface area contributed by atoms with Gasteiger partial charge in [-0.2, -0.15) is 11.8 Å².